The van der Waals surface area contributed by atoms with E-state index in [1.165, 1.54) is 6.92 Å². The number of aryl methyl sites for hydroxylation is 1. The van der Waals surface area contributed by atoms with E-state index < -0.39 is 12.1 Å². The summed E-state index contributed by atoms with van der Waals surface area (Å²) in [6, 6.07) is 11.4. The van der Waals surface area contributed by atoms with Gasteiger partial charge < -0.3 is 35.1 Å². The number of amides is 2. The van der Waals surface area contributed by atoms with Crippen molar-refractivity contribution in [2.45, 2.75) is 71.9 Å². The molecule has 1 aliphatic rings. The van der Waals surface area contributed by atoms with E-state index in [-0.39, 0.29) is 34.8 Å². The molecule has 0 unspecified atom stereocenters. The molecule has 4 N–H and O–H groups in total. The van der Waals surface area contributed by atoms with Crippen molar-refractivity contribution < 1.29 is 23.8 Å². The number of nitrogens with one attached hydrogen (secondary N) is 4. The third-order valence-electron chi connectivity index (χ3n) is 8.58. The Morgan fingerprint density at radius 3 is 2.38 bits per heavy atom. The number of ether oxygens (including phenoxy) is 3. The maximum absolute atomic E-state index is 13.9. The van der Waals surface area contributed by atoms with Crippen molar-refractivity contribution in [3.63, 3.8) is 0 Å². The first kappa shape index (κ1) is 34.3. The molecule has 4 aromatic rings. The quantitative estimate of drug-likeness (QED) is 0.147. The third-order valence-corrected chi connectivity index (χ3v) is 8.58. The van der Waals surface area contributed by atoms with Crippen LogP contribution in [0, 0.1) is 5.92 Å². The first-order chi connectivity index (χ1) is 22.9. The van der Waals surface area contributed by atoms with Gasteiger partial charge in [-0.1, -0.05) is 33.8 Å². The number of nitrogens with zero attached hydrogens (tertiary/aromatic N) is 1. The molecule has 0 aliphatic heterocycles. The van der Waals surface area contributed by atoms with Gasteiger partial charge in [0, 0.05) is 24.1 Å². The minimum Gasteiger partial charge on any atom is -0.493 e. The molecule has 3 aromatic carbocycles. The van der Waals surface area contributed by atoms with Crippen LogP contribution in [0.2, 0.25) is 0 Å². The van der Waals surface area contributed by atoms with Gasteiger partial charge >= 0.3 is 0 Å². The van der Waals surface area contributed by atoms with Crippen molar-refractivity contribution >= 4 is 34.2 Å². The molecular formula is C37H45N5O6. The Labute approximate surface area is 280 Å². The van der Waals surface area contributed by atoms with Crippen molar-refractivity contribution in [3.05, 3.63) is 69.6 Å². The first-order valence-corrected chi connectivity index (χ1v) is 16.3. The maximum Gasteiger partial charge on any atom is 0.246 e. The predicted octanol–water partition coefficient (Wildman–Crippen LogP) is 6.33. The van der Waals surface area contributed by atoms with Gasteiger partial charge in [0.1, 0.15) is 11.9 Å². The van der Waals surface area contributed by atoms with Crippen molar-refractivity contribution in [3.8, 4) is 28.4 Å². The molecule has 0 spiro atoms. The summed E-state index contributed by atoms with van der Waals surface area (Å²) in [5.74, 6) is 2.22. The van der Waals surface area contributed by atoms with E-state index in [2.05, 4.69) is 39.8 Å². The molecule has 0 bridgehead atoms. The van der Waals surface area contributed by atoms with E-state index in [4.69, 9.17) is 14.2 Å². The van der Waals surface area contributed by atoms with E-state index in [1.54, 1.807) is 33.5 Å². The molecule has 0 radical (unpaired) electrons. The summed E-state index contributed by atoms with van der Waals surface area (Å²) in [5, 5.41) is 9.31. The van der Waals surface area contributed by atoms with Gasteiger partial charge in [-0.15, -0.1) is 0 Å². The van der Waals surface area contributed by atoms with Crippen LogP contribution in [0.25, 0.3) is 22.2 Å². The normalized spacial score (nSPS) is 14.5. The number of H-pyrrole nitrogens is 1. The molecular weight excluding hydrogens is 610 g/mol. The number of hydrogen-bond acceptors (Lipinski definition) is 8. The molecule has 1 aliphatic carbocycles. The van der Waals surface area contributed by atoms with Crippen LogP contribution in [0.3, 0.4) is 0 Å². The Morgan fingerprint density at radius 1 is 0.979 bits per heavy atom. The van der Waals surface area contributed by atoms with Crippen LogP contribution in [-0.2, 0) is 16.0 Å². The number of rotatable bonds is 11. The molecule has 5 rings (SSSR count). The zero-order chi connectivity index (χ0) is 34.7. The number of carbonyl (C=O) groups excluding carboxylic acids is 2. The van der Waals surface area contributed by atoms with E-state index in [0.29, 0.717) is 53.3 Å². The van der Waals surface area contributed by atoms with Gasteiger partial charge in [0.15, 0.2) is 11.5 Å². The van der Waals surface area contributed by atoms with Crippen LogP contribution >= 0.6 is 0 Å². The largest absolute Gasteiger partial charge is 0.493 e. The molecule has 1 aromatic heterocycles. The standard InChI is InChI=1S/C37H45N5O6/c1-19(2)15-30(37(45)39-23-10-13-27-29(17-23)42-36(41-27)20(3)4)40-28-14-11-24-25(18-31(28)44)26(38-21(5)43)12-9-22-16-32(46-6)34(47-7)35(48-8)33(22)24/h10-11,13-14,16-20,26,30H,9,12,15H2,1-8H3,(H,38,43)(H,39,45)(H,40,44)(H,41,42)/t26-,30-/m1/s1. The van der Waals surface area contributed by atoms with Crippen LogP contribution in [0.1, 0.15) is 76.4 Å². The SMILES string of the molecule is COc1cc2c(c(OC)c1OC)-c1ccc(N[C@H](CC(C)C)C(=O)Nc3ccc4nc(C(C)C)[nH]c4c3)c(=O)cc1[C@H](NC(C)=O)CC2. The van der Waals surface area contributed by atoms with Crippen LogP contribution in [-0.4, -0.2) is 49.2 Å². The Morgan fingerprint density at radius 2 is 1.73 bits per heavy atom. The second-order valence-electron chi connectivity index (χ2n) is 12.9. The fraction of sp³-hybridized carbons (Fsp3) is 0.405. The van der Waals surface area contributed by atoms with Gasteiger partial charge in [-0.2, -0.15) is 0 Å². The van der Waals surface area contributed by atoms with Crippen LogP contribution in [0.5, 0.6) is 17.2 Å². The summed E-state index contributed by atoms with van der Waals surface area (Å²) < 4.78 is 17.2. The monoisotopic (exact) mass is 655 g/mol. The number of methoxy groups -OCH3 is 3. The molecule has 2 atom stereocenters. The molecule has 11 nitrogen and oxygen atoms in total. The average molecular weight is 656 g/mol. The highest BCUT2D eigenvalue weighted by Crippen LogP contribution is 2.50. The zero-order valence-electron chi connectivity index (χ0n) is 28.9. The van der Waals surface area contributed by atoms with Crippen LogP contribution in [0.4, 0.5) is 11.4 Å². The Hall–Kier alpha value is -5.06. The Balaban J connectivity index is 1.56. The number of imidazole rings is 1. The molecule has 48 heavy (non-hydrogen) atoms. The zero-order valence-corrected chi connectivity index (χ0v) is 28.9. The highest BCUT2D eigenvalue weighted by Gasteiger charge is 2.30. The first-order valence-electron chi connectivity index (χ1n) is 16.3. The van der Waals surface area contributed by atoms with E-state index in [1.807, 2.05) is 44.2 Å². The number of carbonyl (C=O) groups is 2. The molecule has 0 saturated heterocycles. The lowest BCUT2D eigenvalue weighted by molar-refractivity contribution is -0.120. The summed E-state index contributed by atoms with van der Waals surface area (Å²) >= 11 is 0. The highest BCUT2D eigenvalue weighted by atomic mass is 16.5. The fourth-order valence-electron chi connectivity index (χ4n) is 6.33. The molecule has 0 fully saturated rings. The summed E-state index contributed by atoms with van der Waals surface area (Å²) in [6.45, 7) is 9.65. The van der Waals surface area contributed by atoms with Gasteiger partial charge in [-0.25, -0.2) is 4.98 Å². The van der Waals surface area contributed by atoms with E-state index >= 15 is 0 Å². The summed E-state index contributed by atoms with van der Waals surface area (Å²) in [6.07, 6.45) is 1.62. The molecule has 11 heteroatoms. The second-order valence-corrected chi connectivity index (χ2v) is 12.9. The third kappa shape index (κ3) is 7.10. The lowest BCUT2D eigenvalue weighted by atomic mass is 9.95. The predicted molar refractivity (Wildman–Crippen MR) is 188 cm³/mol. The van der Waals surface area contributed by atoms with Gasteiger partial charge in [-0.3, -0.25) is 14.4 Å². The van der Waals surface area contributed by atoms with Crippen molar-refractivity contribution in [2.75, 3.05) is 32.0 Å². The molecule has 254 valence electrons. The maximum atomic E-state index is 13.9. The van der Waals surface area contributed by atoms with Crippen LogP contribution in [0.15, 0.2) is 47.3 Å². The van der Waals surface area contributed by atoms with Gasteiger partial charge in [0.2, 0.25) is 23.0 Å². The summed E-state index contributed by atoms with van der Waals surface area (Å²) in [5.41, 5.74) is 5.28. The lowest BCUT2D eigenvalue weighted by Crippen LogP contribution is -2.37. The van der Waals surface area contributed by atoms with Crippen molar-refractivity contribution in [2.24, 2.45) is 5.92 Å². The number of benzene rings is 2. The molecule has 0 saturated carbocycles. The minimum atomic E-state index is -0.707. The Bertz CT molecular complexity index is 1900. The van der Waals surface area contributed by atoms with Crippen molar-refractivity contribution in [1.82, 2.24) is 15.3 Å². The molecule has 1 heterocycles. The second kappa shape index (κ2) is 14.4. The van der Waals surface area contributed by atoms with Crippen LogP contribution < -0.4 is 35.6 Å². The number of anilines is 2. The van der Waals surface area contributed by atoms with Gasteiger partial charge in [-0.05, 0) is 78.3 Å². The minimum absolute atomic E-state index is 0.156. The topological polar surface area (TPSA) is 144 Å². The number of aromatic nitrogens is 2. The summed E-state index contributed by atoms with van der Waals surface area (Å²) in [4.78, 5) is 48.0. The highest BCUT2D eigenvalue weighted by molar-refractivity contribution is 5.98. The lowest BCUT2D eigenvalue weighted by Gasteiger charge is -2.20. The smallest absolute Gasteiger partial charge is 0.246 e. The number of hydrogen-bond donors (Lipinski definition) is 4. The number of fused-ring (bicyclic) bond motifs is 4. The van der Waals surface area contributed by atoms with Crippen molar-refractivity contribution in [1.29, 1.82) is 0 Å². The van der Waals surface area contributed by atoms with Gasteiger partial charge in [0.05, 0.1) is 44.1 Å². The number of aromatic amines is 1. The van der Waals surface area contributed by atoms with Gasteiger partial charge in [0.25, 0.3) is 0 Å². The molecule has 2 amide bonds. The Kier molecular flexibility index (Phi) is 10.3. The fourth-order valence-corrected chi connectivity index (χ4v) is 6.33. The average Bonchev–Trinajstić information content (AvgIpc) is 3.34. The van der Waals surface area contributed by atoms with E-state index in [9.17, 15) is 14.4 Å². The van der Waals surface area contributed by atoms with E-state index in [0.717, 1.165) is 28.0 Å². The summed E-state index contributed by atoms with van der Waals surface area (Å²) in [7, 11) is 4.67.